The fourth-order valence-electron chi connectivity index (χ4n) is 1.02. The van der Waals surface area contributed by atoms with Crippen LogP contribution in [-0.2, 0) is 0 Å². The monoisotopic (exact) mass is 182 g/mol. The van der Waals surface area contributed by atoms with Crippen LogP contribution in [-0.4, -0.2) is 17.5 Å². The van der Waals surface area contributed by atoms with E-state index >= 15 is 0 Å². The molecule has 0 radical (unpaired) electrons. The van der Waals surface area contributed by atoms with Crippen LogP contribution in [0.3, 0.4) is 0 Å². The zero-order valence-electron chi connectivity index (χ0n) is 7.16. The van der Waals surface area contributed by atoms with Gasteiger partial charge in [-0.25, -0.2) is 4.39 Å². The van der Waals surface area contributed by atoms with Gasteiger partial charge in [0.2, 0.25) is 0 Å². The smallest absolute Gasteiger partial charge is 0.162 e. The summed E-state index contributed by atoms with van der Waals surface area (Å²) in [5, 5.41) is 8.49. The van der Waals surface area contributed by atoms with Crippen molar-refractivity contribution < 1.29 is 14.3 Å². The number of carbonyl (C=O) groups is 1. The first-order chi connectivity index (χ1) is 6.24. The largest absolute Gasteiger partial charge is 0.396 e. The van der Waals surface area contributed by atoms with Crippen LogP contribution in [0.2, 0.25) is 0 Å². The van der Waals surface area contributed by atoms with Gasteiger partial charge in [-0.3, -0.25) is 4.79 Å². The molecule has 0 spiro atoms. The van der Waals surface area contributed by atoms with Crippen LogP contribution in [0.5, 0.6) is 0 Å². The predicted octanol–water partition coefficient (Wildman–Crippen LogP) is 1.78. The van der Waals surface area contributed by atoms with Gasteiger partial charge in [0.05, 0.1) is 0 Å². The molecule has 0 aliphatic heterocycles. The second-order valence-corrected chi connectivity index (χ2v) is 2.76. The van der Waals surface area contributed by atoms with E-state index in [-0.39, 0.29) is 18.2 Å². The third-order valence-electron chi connectivity index (χ3n) is 1.73. The van der Waals surface area contributed by atoms with Crippen molar-refractivity contribution in [2.24, 2.45) is 0 Å². The second-order valence-electron chi connectivity index (χ2n) is 2.76. The number of aliphatic hydroxyl groups excluding tert-OH is 1. The van der Waals surface area contributed by atoms with Crippen LogP contribution in [0.15, 0.2) is 24.3 Å². The molecule has 0 aromatic heterocycles. The van der Waals surface area contributed by atoms with Gasteiger partial charge in [0, 0.05) is 18.6 Å². The molecular formula is C10H11FO2. The standard InChI is InChI=1S/C10H11FO2/c11-9-5-3-8(4-6-9)10(13)2-1-7-12/h3-6,12H,1-2,7H2. The molecule has 0 heterocycles. The number of hydrogen-bond acceptors (Lipinski definition) is 2. The number of hydrogen-bond donors (Lipinski definition) is 1. The number of benzene rings is 1. The SMILES string of the molecule is O=C(CCCO)c1ccc(F)cc1. The molecule has 1 aromatic rings. The van der Waals surface area contributed by atoms with E-state index in [1.165, 1.54) is 24.3 Å². The first kappa shape index (κ1) is 9.86. The van der Waals surface area contributed by atoms with Gasteiger partial charge in [0.1, 0.15) is 5.82 Å². The van der Waals surface area contributed by atoms with Gasteiger partial charge >= 0.3 is 0 Å². The molecule has 1 aromatic carbocycles. The van der Waals surface area contributed by atoms with E-state index in [1.807, 2.05) is 0 Å². The number of halogens is 1. The zero-order valence-corrected chi connectivity index (χ0v) is 7.16. The molecule has 0 aliphatic carbocycles. The Morgan fingerprint density at radius 2 is 1.92 bits per heavy atom. The van der Waals surface area contributed by atoms with Crippen molar-refractivity contribution in [2.45, 2.75) is 12.8 Å². The van der Waals surface area contributed by atoms with Crippen molar-refractivity contribution in [2.75, 3.05) is 6.61 Å². The molecule has 70 valence electrons. The van der Waals surface area contributed by atoms with Crippen LogP contribution in [0.1, 0.15) is 23.2 Å². The van der Waals surface area contributed by atoms with Crippen molar-refractivity contribution in [3.8, 4) is 0 Å². The quantitative estimate of drug-likeness (QED) is 0.720. The Morgan fingerprint density at radius 3 is 2.46 bits per heavy atom. The molecule has 0 saturated carbocycles. The Balaban J connectivity index is 2.61. The molecule has 0 atom stereocenters. The maximum atomic E-state index is 12.5. The van der Waals surface area contributed by atoms with Gasteiger partial charge in [-0.2, -0.15) is 0 Å². The summed E-state index contributed by atoms with van der Waals surface area (Å²) >= 11 is 0. The average Bonchev–Trinajstić information content (AvgIpc) is 2.15. The highest BCUT2D eigenvalue weighted by Crippen LogP contribution is 2.06. The molecule has 1 N–H and O–H groups in total. The van der Waals surface area contributed by atoms with E-state index in [2.05, 4.69) is 0 Å². The maximum Gasteiger partial charge on any atom is 0.162 e. The third-order valence-corrected chi connectivity index (χ3v) is 1.73. The van der Waals surface area contributed by atoms with Crippen LogP contribution in [0.25, 0.3) is 0 Å². The molecule has 1 rings (SSSR count). The molecule has 0 amide bonds. The highest BCUT2D eigenvalue weighted by molar-refractivity contribution is 5.95. The highest BCUT2D eigenvalue weighted by Gasteiger charge is 2.04. The van der Waals surface area contributed by atoms with Gasteiger partial charge in [-0.15, -0.1) is 0 Å². The molecule has 3 heteroatoms. The Kier molecular flexibility index (Phi) is 3.58. The fourth-order valence-corrected chi connectivity index (χ4v) is 1.02. The van der Waals surface area contributed by atoms with Crippen LogP contribution in [0, 0.1) is 5.82 Å². The first-order valence-electron chi connectivity index (χ1n) is 4.13. The van der Waals surface area contributed by atoms with Crippen LogP contribution < -0.4 is 0 Å². The van der Waals surface area contributed by atoms with Crippen molar-refractivity contribution in [3.63, 3.8) is 0 Å². The lowest BCUT2D eigenvalue weighted by atomic mass is 10.1. The van der Waals surface area contributed by atoms with Crippen molar-refractivity contribution in [1.29, 1.82) is 0 Å². The minimum absolute atomic E-state index is 0.00688. The van der Waals surface area contributed by atoms with E-state index < -0.39 is 0 Å². The first-order valence-corrected chi connectivity index (χ1v) is 4.13. The number of ketones is 1. The summed E-state index contributed by atoms with van der Waals surface area (Å²) < 4.78 is 12.5. The Hall–Kier alpha value is -1.22. The summed E-state index contributed by atoms with van der Waals surface area (Å²) in [5.74, 6) is -0.409. The molecule has 0 unspecified atom stereocenters. The van der Waals surface area contributed by atoms with Crippen molar-refractivity contribution in [3.05, 3.63) is 35.6 Å². The summed E-state index contributed by atoms with van der Waals surface area (Å²) in [5.41, 5.74) is 0.495. The third kappa shape index (κ3) is 2.95. The molecule has 0 aliphatic rings. The molecule has 13 heavy (non-hydrogen) atoms. The number of rotatable bonds is 4. The minimum Gasteiger partial charge on any atom is -0.396 e. The summed E-state index contributed by atoms with van der Waals surface area (Å²) in [6.07, 6.45) is 0.762. The topological polar surface area (TPSA) is 37.3 Å². The van der Waals surface area contributed by atoms with E-state index in [4.69, 9.17) is 5.11 Å². The molecule has 0 bridgehead atoms. The zero-order chi connectivity index (χ0) is 9.68. The van der Waals surface area contributed by atoms with Gasteiger partial charge < -0.3 is 5.11 Å². The van der Waals surface area contributed by atoms with E-state index in [0.717, 1.165) is 0 Å². The highest BCUT2D eigenvalue weighted by atomic mass is 19.1. The summed E-state index contributed by atoms with van der Waals surface area (Å²) in [6.45, 7) is 0.00688. The number of aliphatic hydroxyl groups is 1. The molecular weight excluding hydrogens is 171 g/mol. The van der Waals surface area contributed by atoms with Gasteiger partial charge in [0.15, 0.2) is 5.78 Å². The second kappa shape index (κ2) is 4.72. The average molecular weight is 182 g/mol. The fraction of sp³-hybridized carbons (Fsp3) is 0.300. The normalized spacial score (nSPS) is 10.0. The van der Waals surface area contributed by atoms with E-state index in [9.17, 15) is 9.18 Å². The van der Waals surface area contributed by atoms with Gasteiger partial charge in [0.25, 0.3) is 0 Å². The summed E-state index contributed by atoms with van der Waals surface area (Å²) in [4.78, 5) is 11.3. The Labute approximate surface area is 76.0 Å². The van der Waals surface area contributed by atoms with Crippen molar-refractivity contribution in [1.82, 2.24) is 0 Å². The van der Waals surface area contributed by atoms with Gasteiger partial charge in [-0.1, -0.05) is 0 Å². The predicted molar refractivity (Wildman–Crippen MR) is 47.1 cm³/mol. The van der Waals surface area contributed by atoms with E-state index in [1.54, 1.807) is 0 Å². The van der Waals surface area contributed by atoms with Crippen LogP contribution >= 0.6 is 0 Å². The van der Waals surface area contributed by atoms with Gasteiger partial charge in [-0.05, 0) is 30.7 Å². The summed E-state index contributed by atoms with van der Waals surface area (Å²) in [7, 11) is 0. The van der Waals surface area contributed by atoms with Crippen LogP contribution in [0.4, 0.5) is 4.39 Å². The lowest BCUT2D eigenvalue weighted by molar-refractivity contribution is 0.0971. The number of carbonyl (C=O) groups excluding carboxylic acids is 1. The maximum absolute atomic E-state index is 12.5. The molecule has 2 nitrogen and oxygen atoms in total. The number of Topliss-reactive ketones (excluding diaryl/α,β-unsaturated/α-hetero) is 1. The lowest BCUT2D eigenvalue weighted by Crippen LogP contribution is -2.00. The molecule has 0 fully saturated rings. The Morgan fingerprint density at radius 1 is 1.31 bits per heavy atom. The van der Waals surface area contributed by atoms with E-state index in [0.29, 0.717) is 18.4 Å². The Bertz CT molecular complexity index is 279. The minimum atomic E-state index is -0.348. The summed E-state index contributed by atoms with van der Waals surface area (Å²) in [6, 6.07) is 5.42. The van der Waals surface area contributed by atoms with Crippen molar-refractivity contribution >= 4 is 5.78 Å². The lowest BCUT2D eigenvalue weighted by Gasteiger charge is -1.98. The molecule has 0 saturated heterocycles.